The Morgan fingerprint density at radius 1 is 0.935 bits per heavy atom. The van der Waals surface area contributed by atoms with Crippen molar-refractivity contribution < 1.29 is 26.7 Å². The summed E-state index contributed by atoms with van der Waals surface area (Å²) in [7, 11) is 0. The molecule has 4 aromatic rings. The van der Waals surface area contributed by atoms with Crippen LogP contribution in [-0.2, 0) is 13.1 Å². The number of imidazole rings is 1. The fourth-order valence-corrected chi connectivity index (χ4v) is 3.58. The molecule has 0 fully saturated rings. The number of para-hydroxylation sites is 2. The Labute approximate surface area is 189 Å². The molecule has 1 aromatic heterocycles. The predicted octanol–water partition coefficient (Wildman–Crippen LogP) is 1.07. The number of aromatic nitrogens is 2. The summed E-state index contributed by atoms with van der Waals surface area (Å²) < 4.78 is 3.57. The zero-order valence-electron chi connectivity index (χ0n) is 16.8. The fourth-order valence-electron chi connectivity index (χ4n) is 3.58. The molecule has 0 aliphatic carbocycles. The van der Waals surface area contributed by atoms with Crippen LogP contribution >= 0.6 is 0 Å². The van der Waals surface area contributed by atoms with Crippen molar-refractivity contribution in [3.63, 3.8) is 0 Å². The van der Waals surface area contributed by atoms with E-state index in [-0.39, 0.29) is 40.6 Å². The van der Waals surface area contributed by atoms with E-state index < -0.39 is 4.92 Å². The molecular weight excluding hydrogens is 460 g/mol. The highest BCUT2D eigenvalue weighted by atomic mass is 79.9. The number of Topliss-reactive ketones (excluding diaryl/α,β-unsaturated/α-hetero) is 1. The van der Waals surface area contributed by atoms with Crippen molar-refractivity contribution in [2.24, 2.45) is 0 Å². The minimum atomic E-state index is -0.496. The number of ketones is 1. The number of carbonyl (C=O) groups excluding carboxylic acids is 1. The number of aryl methyl sites for hydroxylation is 1. The minimum Gasteiger partial charge on any atom is -1.00 e. The molecule has 0 atom stereocenters. The quantitative estimate of drug-likeness (QED) is 0.254. The van der Waals surface area contributed by atoms with E-state index in [2.05, 4.69) is 0 Å². The first-order chi connectivity index (χ1) is 14.5. The predicted molar refractivity (Wildman–Crippen MR) is 113 cm³/mol. The summed E-state index contributed by atoms with van der Waals surface area (Å²) in [5.41, 5.74) is 4.48. The number of nitrogens with one attached hydrogen (secondary N) is 1. The number of nitro groups is 1. The molecular formula is C23H20BrN4O3-. The van der Waals surface area contributed by atoms with Crippen molar-refractivity contribution in [2.45, 2.75) is 20.0 Å². The number of fused-ring (bicyclic) bond motifs is 1. The van der Waals surface area contributed by atoms with Crippen molar-refractivity contribution >= 4 is 22.5 Å². The van der Waals surface area contributed by atoms with Gasteiger partial charge in [-0.3, -0.25) is 20.3 Å². The summed E-state index contributed by atoms with van der Waals surface area (Å²) >= 11 is 0. The molecule has 31 heavy (non-hydrogen) atoms. The third kappa shape index (κ3) is 4.34. The molecule has 3 aromatic carbocycles. The zero-order chi connectivity index (χ0) is 21.3. The van der Waals surface area contributed by atoms with Crippen LogP contribution in [0.5, 0.6) is 0 Å². The Hall–Kier alpha value is -3.52. The van der Waals surface area contributed by atoms with E-state index in [4.69, 9.17) is 5.41 Å². The number of hydrogen-bond acceptors (Lipinski definition) is 4. The van der Waals surface area contributed by atoms with Crippen LogP contribution in [0.1, 0.15) is 21.5 Å². The van der Waals surface area contributed by atoms with Crippen LogP contribution in [0.25, 0.3) is 11.0 Å². The molecule has 0 spiro atoms. The monoisotopic (exact) mass is 479 g/mol. The molecule has 4 rings (SSSR count). The van der Waals surface area contributed by atoms with E-state index in [1.54, 1.807) is 4.57 Å². The van der Waals surface area contributed by atoms with Crippen LogP contribution < -0.4 is 22.6 Å². The van der Waals surface area contributed by atoms with Gasteiger partial charge in [0, 0.05) is 17.7 Å². The largest absolute Gasteiger partial charge is 1.00 e. The first-order valence-corrected chi connectivity index (χ1v) is 9.50. The van der Waals surface area contributed by atoms with Gasteiger partial charge in [-0.25, -0.2) is 0 Å². The average Bonchev–Trinajstić information content (AvgIpc) is 3.01. The number of nitro benzene ring substituents is 1. The number of halogens is 1. The molecule has 7 nitrogen and oxygen atoms in total. The van der Waals surface area contributed by atoms with Crippen LogP contribution in [0, 0.1) is 22.4 Å². The van der Waals surface area contributed by atoms with Gasteiger partial charge >= 0.3 is 0 Å². The lowest BCUT2D eigenvalue weighted by atomic mass is 10.1. The molecule has 0 saturated carbocycles. The van der Waals surface area contributed by atoms with E-state index in [0.717, 1.165) is 22.2 Å². The van der Waals surface area contributed by atoms with Gasteiger partial charge in [0.25, 0.3) is 5.69 Å². The van der Waals surface area contributed by atoms with E-state index in [0.29, 0.717) is 12.1 Å². The van der Waals surface area contributed by atoms with Crippen LogP contribution in [0.15, 0.2) is 72.8 Å². The molecule has 0 aliphatic heterocycles. The summed E-state index contributed by atoms with van der Waals surface area (Å²) in [6.45, 7) is 2.56. The Bertz CT molecular complexity index is 1320. The van der Waals surface area contributed by atoms with Crippen molar-refractivity contribution in [1.82, 2.24) is 9.13 Å². The molecule has 158 valence electrons. The molecule has 0 aliphatic rings. The maximum absolute atomic E-state index is 12.8. The van der Waals surface area contributed by atoms with Gasteiger partial charge in [-0.2, -0.15) is 0 Å². The Balaban J connectivity index is 0.00000272. The molecule has 8 heteroatoms. The SMILES string of the molecule is Cc1ccccc1Cn1c(=N)n(CC(=O)c2ccc([N+](=O)[O-])cc2)c2ccccc21.[Br-]. The van der Waals surface area contributed by atoms with E-state index in [9.17, 15) is 14.9 Å². The number of carbonyl (C=O) groups is 1. The zero-order valence-corrected chi connectivity index (χ0v) is 18.4. The van der Waals surface area contributed by atoms with Gasteiger partial charge in [-0.1, -0.05) is 36.4 Å². The van der Waals surface area contributed by atoms with Gasteiger partial charge in [0.05, 0.1) is 29.0 Å². The lowest BCUT2D eigenvalue weighted by Crippen LogP contribution is -3.00. The van der Waals surface area contributed by atoms with Gasteiger partial charge in [0.15, 0.2) is 5.78 Å². The fraction of sp³-hybridized carbons (Fsp3) is 0.130. The van der Waals surface area contributed by atoms with Gasteiger partial charge in [-0.15, -0.1) is 0 Å². The second kappa shape index (κ2) is 9.09. The normalized spacial score (nSPS) is 10.6. The minimum absolute atomic E-state index is 0. The third-order valence-electron chi connectivity index (χ3n) is 5.27. The van der Waals surface area contributed by atoms with Crippen molar-refractivity contribution in [1.29, 1.82) is 5.41 Å². The number of nitrogens with zero attached hydrogens (tertiary/aromatic N) is 3. The van der Waals surface area contributed by atoms with E-state index >= 15 is 0 Å². The molecule has 0 unspecified atom stereocenters. The topological polar surface area (TPSA) is 93.9 Å². The summed E-state index contributed by atoms with van der Waals surface area (Å²) in [5.74, 6) is -0.206. The van der Waals surface area contributed by atoms with E-state index in [1.165, 1.54) is 24.3 Å². The Kier molecular flexibility index (Phi) is 6.50. The number of rotatable bonds is 6. The Morgan fingerprint density at radius 2 is 1.52 bits per heavy atom. The molecule has 1 heterocycles. The molecule has 0 radical (unpaired) electrons. The average molecular weight is 480 g/mol. The second-order valence-electron chi connectivity index (χ2n) is 7.14. The summed E-state index contributed by atoms with van der Waals surface area (Å²) in [4.78, 5) is 23.2. The van der Waals surface area contributed by atoms with Crippen LogP contribution in [0.2, 0.25) is 0 Å². The second-order valence-corrected chi connectivity index (χ2v) is 7.14. The lowest BCUT2D eigenvalue weighted by molar-refractivity contribution is -0.384. The van der Waals surface area contributed by atoms with Gasteiger partial charge < -0.3 is 26.1 Å². The van der Waals surface area contributed by atoms with Gasteiger partial charge in [-0.05, 0) is 42.3 Å². The van der Waals surface area contributed by atoms with Crippen molar-refractivity contribution in [2.75, 3.05) is 0 Å². The summed E-state index contributed by atoms with van der Waals surface area (Å²) in [5, 5.41) is 19.6. The molecule has 0 saturated heterocycles. The highest BCUT2D eigenvalue weighted by Gasteiger charge is 2.16. The van der Waals surface area contributed by atoms with Gasteiger partial charge in [0.2, 0.25) is 5.62 Å². The van der Waals surface area contributed by atoms with Crippen LogP contribution in [-0.4, -0.2) is 19.8 Å². The summed E-state index contributed by atoms with van der Waals surface area (Å²) in [6, 6.07) is 21.2. The maximum Gasteiger partial charge on any atom is 0.269 e. The number of non-ortho nitro benzene ring substituents is 1. The van der Waals surface area contributed by atoms with Crippen molar-refractivity contribution in [3.8, 4) is 0 Å². The van der Waals surface area contributed by atoms with Crippen LogP contribution in [0.3, 0.4) is 0 Å². The van der Waals surface area contributed by atoms with Crippen molar-refractivity contribution in [3.05, 3.63) is 105 Å². The van der Waals surface area contributed by atoms with Gasteiger partial charge in [0.1, 0.15) is 0 Å². The first-order valence-electron chi connectivity index (χ1n) is 9.50. The molecule has 0 bridgehead atoms. The lowest BCUT2D eigenvalue weighted by Gasteiger charge is -2.08. The molecule has 1 N–H and O–H groups in total. The third-order valence-corrected chi connectivity index (χ3v) is 5.27. The number of benzene rings is 3. The van der Waals surface area contributed by atoms with E-state index in [1.807, 2.05) is 60.0 Å². The Morgan fingerprint density at radius 3 is 2.13 bits per heavy atom. The standard InChI is InChI=1S/C23H20N4O3.BrH/c1-16-6-2-3-7-18(16)14-25-20-8-4-5-9-21(20)26(23(25)24)15-22(28)17-10-12-19(13-11-17)27(29)30;/h2-13,24H,14-15H2,1H3;1H/p-1. The highest BCUT2D eigenvalue weighted by Crippen LogP contribution is 2.18. The smallest absolute Gasteiger partial charge is 0.269 e. The molecule has 0 amide bonds. The summed E-state index contributed by atoms with van der Waals surface area (Å²) in [6.07, 6.45) is 0. The first kappa shape index (κ1) is 22.2. The number of hydrogen-bond donors (Lipinski definition) is 1. The van der Waals surface area contributed by atoms with Crippen LogP contribution in [0.4, 0.5) is 5.69 Å². The maximum atomic E-state index is 12.8. The highest BCUT2D eigenvalue weighted by molar-refractivity contribution is 5.96.